The van der Waals surface area contributed by atoms with Crippen LogP contribution in [-0.4, -0.2) is 9.97 Å². The highest BCUT2D eigenvalue weighted by Gasteiger charge is 2.09. The number of rotatable bonds is 3. The van der Waals surface area contributed by atoms with Crippen LogP contribution < -0.4 is 5.32 Å². The topological polar surface area (TPSA) is 37.8 Å². The second-order valence-corrected chi connectivity index (χ2v) is 4.87. The van der Waals surface area contributed by atoms with Crippen LogP contribution in [0.25, 0.3) is 0 Å². The Morgan fingerprint density at radius 3 is 2.78 bits per heavy atom. The molecular weight excluding hydrogens is 269 g/mol. The minimum Gasteiger partial charge on any atom is -0.363 e. The van der Waals surface area contributed by atoms with Crippen LogP contribution in [0.15, 0.2) is 30.5 Å². The number of nitrogens with zero attached hydrogens (tertiary/aromatic N) is 2. The van der Waals surface area contributed by atoms with Gasteiger partial charge < -0.3 is 5.32 Å². The fourth-order valence-corrected chi connectivity index (χ4v) is 1.96. The molecule has 94 valence electrons. The molecule has 0 radical (unpaired) electrons. The van der Waals surface area contributed by atoms with E-state index in [4.69, 9.17) is 23.2 Å². The molecule has 18 heavy (non-hydrogen) atoms. The van der Waals surface area contributed by atoms with E-state index >= 15 is 0 Å². The molecule has 2 aromatic rings. The number of nitrogens with one attached hydrogen (secondary N) is 1. The molecule has 0 fully saturated rings. The van der Waals surface area contributed by atoms with Crippen LogP contribution >= 0.6 is 23.2 Å². The summed E-state index contributed by atoms with van der Waals surface area (Å²) in [7, 11) is 0. The average molecular weight is 282 g/mol. The molecule has 0 aliphatic heterocycles. The maximum Gasteiger partial charge on any atom is 0.224 e. The lowest BCUT2D eigenvalue weighted by Gasteiger charge is -2.16. The maximum atomic E-state index is 5.97. The van der Waals surface area contributed by atoms with E-state index in [9.17, 15) is 0 Å². The van der Waals surface area contributed by atoms with Crippen molar-refractivity contribution in [1.82, 2.24) is 9.97 Å². The van der Waals surface area contributed by atoms with E-state index in [1.165, 1.54) is 0 Å². The summed E-state index contributed by atoms with van der Waals surface area (Å²) >= 11 is 11.8. The lowest BCUT2D eigenvalue weighted by Crippen LogP contribution is -2.09. The van der Waals surface area contributed by atoms with E-state index in [0.717, 1.165) is 22.0 Å². The van der Waals surface area contributed by atoms with Crippen LogP contribution in [0.4, 0.5) is 5.82 Å². The molecule has 1 N–H and O–H groups in total. The lowest BCUT2D eigenvalue weighted by molar-refractivity contribution is 0.868. The van der Waals surface area contributed by atoms with Gasteiger partial charge in [0.1, 0.15) is 5.82 Å². The number of aryl methyl sites for hydroxylation is 1. The summed E-state index contributed by atoms with van der Waals surface area (Å²) in [5.74, 6) is 0.738. The monoisotopic (exact) mass is 281 g/mol. The van der Waals surface area contributed by atoms with Gasteiger partial charge in [-0.05, 0) is 43.1 Å². The Morgan fingerprint density at radius 1 is 1.28 bits per heavy atom. The number of halogens is 2. The molecule has 0 saturated carbocycles. The van der Waals surface area contributed by atoms with Gasteiger partial charge >= 0.3 is 0 Å². The van der Waals surface area contributed by atoms with Crippen LogP contribution in [0.3, 0.4) is 0 Å². The van der Waals surface area contributed by atoms with Gasteiger partial charge in [-0.1, -0.05) is 23.7 Å². The van der Waals surface area contributed by atoms with Gasteiger partial charge in [-0.15, -0.1) is 0 Å². The lowest BCUT2D eigenvalue weighted by atomic mass is 10.1. The van der Waals surface area contributed by atoms with Crippen molar-refractivity contribution in [1.29, 1.82) is 0 Å². The zero-order chi connectivity index (χ0) is 13.1. The van der Waals surface area contributed by atoms with Gasteiger partial charge in [-0.25, -0.2) is 9.97 Å². The summed E-state index contributed by atoms with van der Waals surface area (Å²) in [6, 6.07) is 7.81. The molecular formula is C13H13Cl2N3. The number of hydrogen-bond acceptors (Lipinski definition) is 3. The summed E-state index contributed by atoms with van der Waals surface area (Å²) < 4.78 is 0. The molecule has 2 rings (SSSR count). The van der Waals surface area contributed by atoms with Crippen molar-refractivity contribution in [3.05, 3.63) is 51.9 Å². The summed E-state index contributed by atoms with van der Waals surface area (Å²) in [4.78, 5) is 8.10. The first kappa shape index (κ1) is 13.1. The summed E-state index contributed by atoms with van der Waals surface area (Å²) in [6.07, 6.45) is 1.70. The highest BCUT2D eigenvalue weighted by atomic mass is 35.5. The number of hydrogen-bond donors (Lipinski definition) is 1. The molecule has 0 amide bonds. The number of anilines is 1. The first-order valence-electron chi connectivity index (χ1n) is 5.57. The van der Waals surface area contributed by atoms with E-state index in [-0.39, 0.29) is 11.3 Å². The molecule has 0 spiro atoms. The molecule has 1 heterocycles. The minimum absolute atomic E-state index is 0.0911. The molecule has 3 nitrogen and oxygen atoms in total. The highest BCUT2D eigenvalue weighted by Crippen LogP contribution is 2.22. The number of aromatic nitrogens is 2. The molecule has 1 aromatic carbocycles. The zero-order valence-electron chi connectivity index (χ0n) is 10.1. The predicted octanol–water partition coefficient (Wildman–Crippen LogP) is 4.26. The van der Waals surface area contributed by atoms with Crippen LogP contribution in [-0.2, 0) is 0 Å². The maximum absolute atomic E-state index is 5.97. The van der Waals surface area contributed by atoms with E-state index in [1.54, 1.807) is 6.20 Å². The zero-order valence-corrected chi connectivity index (χ0v) is 11.6. The fourth-order valence-electron chi connectivity index (χ4n) is 1.63. The molecule has 0 aliphatic rings. The SMILES string of the molecule is Cc1cnc(Cl)nc1NC(C)c1cccc(Cl)c1. The van der Waals surface area contributed by atoms with Gasteiger partial charge in [-0.3, -0.25) is 0 Å². The van der Waals surface area contributed by atoms with E-state index in [0.29, 0.717) is 0 Å². The van der Waals surface area contributed by atoms with Crippen molar-refractivity contribution in [3.63, 3.8) is 0 Å². The van der Waals surface area contributed by atoms with Crippen molar-refractivity contribution in [2.24, 2.45) is 0 Å². The normalized spacial score (nSPS) is 12.2. The summed E-state index contributed by atoms with van der Waals surface area (Å²) in [6.45, 7) is 3.98. The predicted molar refractivity (Wildman–Crippen MR) is 75.3 cm³/mol. The Balaban J connectivity index is 2.21. The Bertz CT molecular complexity index is 558. The van der Waals surface area contributed by atoms with Gasteiger partial charge in [0.2, 0.25) is 5.28 Å². The van der Waals surface area contributed by atoms with E-state index < -0.39 is 0 Å². The largest absolute Gasteiger partial charge is 0.363 e. The first-order chi connectivity index (χ1) is 8.56. The Labute approximate surface area is 116 Å². The van der Waals surface area contributed by atoms with Crippen LogP contribution in [0.2, 0.25) is 10.3 Å². The second-order valence-electron chi connectivity index (χ2n) is 4.09. The van der Waals surface area contributed by atoms with Crippen molar-refractivity contribution in [3.8, 4) is 0 Å². The summed E-state index contributed by atoms with van der Waals surface area (Å²) in [5, 5.41) is 4.26. The Hall–Kier alpha value is -1.32. The Kier molecular flexibility index (Phi) is 4.04. The van der Waals surface area contributed by atoms with Gasteiger partial charge in [-0.2, -0.15) is 0 Å². The smallest absolute Gasteiger partial charge is 0.224 e. The first-order valence-corrected chi connectivity index (χ1v) is 6.33. The third kappa shape index (κ3) is 3.12. The standard InChI is InChI=1S/C13H13Cl2N3/c1-8-7-16-13(15)18-12(8)17-9(2)10-4-3-5-11(14)6-10/h3-7,9H,1-2H3,(H,16,17,18). The van der Waals surface area contributed by atoms with Crippen molar-refractivity contribution >= 4 is 29.0 Å². The van der Waals surface area contributed by atoms with E-state index in [2.05, 4.69) is 15.3 Å². The highest BCUT2D eigenvalue weighted by molar-refractivity contribution is 6.30. The van der Waals surface area contributed by atoms with Crippen molar-refractivity contribution in [2.45, 2.75) is 19.9 Å². The molecule has 0 bridgehead atoms. The molecule has 1 unspecified atom stereocenters. The molecule has 0 saturated heterocycles. The second kappa shape index (κ2) is 5.55. The third-order valence-corrected chi connectivity index (χ3v) is 3.06. The van der Waals surface area contributed by atoms with Gasteiger partial charge in [0.05, 0.1) is 6.04 Å². The molecule has 5 heteroatoms. The number of benzene rings is 1. The fraction of sp³-hybridized carbons (Fsp3) is 0.231. The van der Waals surface area contributed by atoms with Gasteiger partial charge in [0.25, 0.3) is 0 Å². The van der Waals surface area contributed by atoms with Crippen molar-refractivity contribution in [2.75, 3.05) is 5.32 Å². The minimum atomic E-state index is 0.0911. The van der Waals surface area contributed by atoms with Crippen LogP contribution in [0, 0.1) is 6.92 Å². The van der Waals surface area contributed by atoms with Crippen molar-refractivity contribution < 1.29 is 0 Å². The van der Waals surface area contributed by atoms with Crippen LogP contribution in [0.1, 0.15) is 24.1 Å². The molecule has 0 aliphatic carbocycles. The van der Waals surface area contributed by atoms with E-state index in [1.807, 2.05) is 38.1 Å². The summed E-state index contributed by atoms with van der Waals surface area (Å²) in [5.41, 5.74) is 2.05. The van der Waals surface area contributed by atoms with Gasteiger partial charge in [0, 0.05) is 16.8 Å². The van der Waals surface area contributed by atoms with Crippen LogP contribution in [0.5, 0.6) is 0 Å². The average Bonchev–Trinajstić information content (AvgIpc) is 2.34. The quantitative estimate of drug-likeness (QED) is 0.854. The third-order valence-electron chi connectivity index (χ3n) is 2.64. The van der Waals surface area contributed by atoms with Gasteiger partial charge in [0.15, 0.2) is 0 Å². The molecule has 1 atom stereocenters. The Morgan fingerprint density at radius 2 is 2.06 bits per heavy atom. The molecule has 1 aromatic heterocycles.